The summed E-state index contributed by atoms with van der Waals surface area (Å²) in [5, 5.41) is 12.4. The monoisotopic (exact) mass is 264 g/mol. The van der Waals surface area contributed by atoms with Crippen molar-refractivity contribution in [2.45, 2.75) is 18.8 Å². The molecule has 0 amide bonds. The number of oxazole rings is 1. The summed E-state index contributed by atoms with van der Waals surface area (Å²) in [7, 11) is 1.77. The molecule has 0 aliphatic rings. The van der Waals surface area contributed by atoms with E-state index in [9.17, 15) is 14.7 Å². The van der Waals surface area contributed by atoms with Crippen LogP contribution < -0.4 is 11.1 Å². The van der Waals surface area contributed by atoms with Crippen LogP contribution in [0, 0.1) is 0 Å². The minimum absolute atomic E-state index is 0.374. The van der Waals surface area contributed by atoms with Crippen molar-refractivity contribution in [1.29, 1.82) is 0 Å². The summed E-state index contributed by atoms with van der Waals surface area (Å²) in [5.41, 5.74) is 0.535. The standard InChI is InChI=1S/C13H16N2O4/c1-13(11(16)17,5-6-14-2)8-3-4-9-10(7-8)19-12(18)15-9/h3-4,7,14H,5-6H2,1-2H3,(H,15,18)(H,16,17). The van der Waals surface area contributed by atoms with Crippen molar-refractivity contribution >= 4 is 17.1 Å². The molecule has 6 nitrogen and oxygen atoms in total. The van der Waals surface area contributed by atoms with Gasteiger partial charge in [-0.25, -0.2) is 4.79 Å². The molecular formula is C13H16N2O4. The first-order valence-electron chi connectivity index (χ1n) is 5.99. The number of benzene rings is 1. The van der Waals surface area contributed by atoms with Crippen LogP contribution in [0.3, 0.4) is 0 Å². The lowest BCUT2D eigenvalue weighted by Crippen LogP contribution is -2.35. The van der Waals surface area contributed by atoms with Crippen LogP contribution in [0.25, 0.3) is 11.1 Å². The molecule has 0 radical (unpaired) electrons. The Morgan fingerprint density at radius 3 is 2.89 bits per heavy atom. The number of aromatic nitrogens is 1. The van der Waals surface area contributed by atoms with E-state index in [-0.39, 0.29) is 0 Å². The fraction of sp³-hybridized carbons (Fsp3) is 0.385. The minimum Gasteiger partial charge on any atom is -0.481 e. The van der Waals surface area contributed by atoms with Crippen molar-refractivity contribution < 1.29 is 14.3 Å². The van der Waals surface area contributed by atoms with Gasteiger partial charge in [-0.2, -0.15) is 0 Å². The smallest absolute Gasteiger partial charge is 0.417 e. The number of carboxylic acids is 1. The predicted octanol–water partition coefficient (Wildman–Crippen LogP) is 1.07. The Morgan fingerprint density at radius 1 is 1.53 bits per heavy atom. The molecule has 0 bridgehead atoms. The SMILES string of the molecule is CNCCC(C)(C(=O)O)c1ccc2[nH]c(=O)oc2c1. The molecule has 0 fully saturated rings. The van der Waals surface area contributed by atoms with Crippen LogP contribution in [0.2, 0.25) is 0 Å². The molecule has 0 spiro atoms. The van der Waals surface area contributed by atoms with Crippen LogP contribution in [0.15, 0.2) is 27.4 Å². The maximum Gasteiger partial charge on any atom is 0.417 e. The van der Waals surface area contributed by atoms with Crippen LogP contribution in [0.5, 0.6) is 0 Å². The number of carbonyl (C=O) groups is 1. The van der Waals surface area contributed by atoms with Gasteiger partial charge in [-0.05, 0) is 44.6 Å². The number of carboxylic acid groups (broad SMARTS) is 1. The number of aliphatic carboxylic acids is 1. The number of H-pyrrole nitrogens is 1. The van der Waals surface area contributed by atoms with E-state index < -0.39 is 17.1 Å². The Kier molecular flexibility index (Phi) is 3.44. The van der Waals surface area contributed by atoms with Gasteiger partial charge < -0.3 is 14.8 Å². The molecular weight excluding hydrogens is 248 g/mol. The number of nitrogens with one attached hydrogen (secondary N) is 2. The van der Waals surface area contributed by atoms with Gasteiger partial charge in [0.25, 0.3) is 0 Å². The van der Waals surface area contributed by atoms with E-state index in [1.807, 2.05) is 0 Å². The van der Waals surface area contributed by atoms with Gasteiger partial charge in [-0.3, -0.25) is 9.78 Å². The topological polar surface area (TPSA) is 95.3 Å². The number of hydrogen-bond acceptors (Lipinski definition) is 4. The van der Waals surface area contributed by atoms with Crippen molar-refractivity contribution in [3.63, 3.8) is 0 Å². The van der Waals surface area contributed by atoms with Gasteiger partial charge in [0.05, 0.1) is 10.9 Å². The van der Waals surface area contributed by atoms with Gasteiger partial charge in [-0.1, -0.05) is 6.07 Å². The first-order chi connectivity index (χ1) is 8.97. The molecule has 0 aliphatic heterocycles. The van der Waals surface area contributed by atoms with Crippen LogP contribution in [0.1, 0.15) is 18.9 Å². The first kappa shape index (κ1) is 13.4. The highest BCUT2D eigenvalue weighted by Crippen LogP contribution is 2.29. The average molecular weight is 264 g/mol. The molecule has 1 heterocycles. The highest BCUT2D eigenvalue weighted by Gasteiger charge is 2.35. The summed E-state index contributed by atoms with van der Waals surface area (Å²) in [6.45, 7) is 2.25. The van der Waals surface area contributed by atoms with Crippen LogP contribution >= 0.6 is 0 Å². The highest BCUT2D eigenvalue weighted by atomic mass is 16.4. The number of rotatable bonds is 5. The van der Waals surface area contributed by atoms with Crippen molar-refractivity contribution in [1.82, 2.24) is 10.3 Å². The molecule has 3 N–H and O–H groups in total. The van der Waals surface area contributed by atoms with E-state index in [1.54, 1.807) is 32.2 Å². The average Bonchev–Trinajstić information content (AvgIpc) is 2.74. The third-order valence-corrected chi connectivity index (χ3v) is 3.41. The minimum atomic E-state index is -1.02. The van der Waals surface area contributed by atoms with E-state index in [4.69, 9.17) is 4.42 Å². The maximum absolute atomic E-state index is 11.5. The Hall–Kier alpha value is -2.08. The second kappa shape index (κ2) is 4.89. The summed E-state index contributed by atoms with van der Waals surface area (Å²) in [6.07, 6.45) is 0.443. The van der Waals surface area contributed by atoms with Gasteiger partial charge in [0.15, 0.2) is 5.58 Å². The van der Waals surface area contributed by atoms with Crippen LogP contribution in [-0.4, -0.2) is 29.7 Å². The molecule has 1 aromatic carbocycles. The van der Waals surface area contributed by atoms with E-state index >= 15 is 0 Å². The Morgan fingerprint density at radius 2 is 2.26 bits per heavy atom. The molecule has 1 unspecified atom stereocenters. The van der Waals surface area contributed by atoms with Gasteiger partial charge in [0.1, 0.15) is 0 Å². The lowest BCUT2D eigenvalue weighted by molar-refractivity contribution is -0.143. The van der Waals surface area contributed by atoms with Gasteiger partial charge in [0, 0.05) is 0 Å². The summed E-state index contributed by atoms with van der Waals surface area (Å²) in [6, 6.07) is 4.98. The van der Waals surface area contributed by atoms with Crippen molar-refractivity contribution in [3.05, 3.63) is 34.3 Å². The van der Waals surface area contributed by atoms with Gasteiger partial charge in [0.2, 0.25) is 0 Å². The highest BCUT2D eigenvalue weighted by molar-refractivity contribution is 5.83. The molecule has 1 atom stereocenters. The Labute approximate surface area is 109 Å². The normalized spacial score (nSPS) is 14.4. The number of hydrogen-bond donors (Lipinski definition) is 3. The molecule has 0 aliphatic carbocycles. The summed E-state index contributed by atoms with van der Waals surface area (Å²) >= 11 is 0. The zero-order chi connectivity index (χ0) is 14.0. The Bertz CT molecular complexity index is 658. The lowest BCUT2D eigenvalue weighted by Gasteiger charge is -2.25. The van der Waals surface area contributed by atoms with Crippen molar-refractivity contribution in [2.75, 3.05) is 13.6 Å². The molecule has 19 heavy (non-hydrogen) atoms. The number of fused-ring (bicyclic) bond motifs is 1. The zero-order valence-corrected chi connectivity index (χ0v) is 10.8. The molecule has 2 rings (SSSR count). The van der Waals surface area contributed by atoms with Crippen molar-refractivity contribution in [3.8, 4) is 0 Å². The fourth-order valence-electron chi connectivity index (χ4n) is 2.04. The van der Waals surface area contributed by atoms with E-state index in [0.29, 0.717) is 29.6 Å². The second-order valence-corrected chi connectivity index (χ2v) is 4.72. The van der Waals surface area contributed by atoms with E-state index in [1.165, 1.54) is 0 Å². The first-order valence-corrected chi connectivity index (χ1v) is 5.99. The van der Waals surface area contributed by atoms with E-state index in [2.05, 4.69) is 10.3 Å². The molecule has 0 saturated heterocycles. The van der Waals surface area contributed by atoms with Gasteiger partial charge in [-0.15, -0.1) is 0 Å². The molecule has 1 aromatic heterocycles. The molecule has 2 aromatic rings. The quantitative estimate of drug-likeness (QED) is 0.751. The third kappa shape index (κ3) is 2.39. The number of aromatic amines is 1. The summed E-state index contributed by atoms with van der Waals surface area (Å²) in [4.78, 5) is 25.2. The third-order valence-electron chi connectivity index (χ3n) is 3.41. The predicted molar refractivity (Wildman–Crippen MR) is 70.4 cm³/mol. The molecule has 6 heteroatoms. The molecule has 0 saturated carbocycles. The lowest BCUT2D eigenvalue weighted by atomic mass is 9.79. The van der Waals surface area contributed by atoms with Crippen LogP contribution in [0.4, 0.5) is 0 Å². The molecule has 102 valence electrons. The Balaban J connectivity index is 2.49. The summed E-state index contributed by atoms with van der Waals surface area (Å²) in [5.74, 6) is -1.45. The second-order valence-electron chi connectivity index (χ2n) is 4.72. The largest absolute Gasteiger partial charge is 0.481 e. The van der Waals surface area contributed by atoms with E-state index in [0.717, 1.165) is 0 Å². The summed E-state index contributed by atoms with van der Waals surface area (Å²) < 4.78 is 4.97. The van der Waals surface area contributed by atoms with Crippen molar-refractivity contribution in [2.24, 2.45) is 0 Å². The van der Waals surface area contributed by atoms with Gasteiger partial charge >= 0.3 is 11.7 Å². The fourth-order valence-corrected chi connectivity index (χ4v) is 2.04. The maximum atomic E-state index is 11.5. The van der Waals surface area contributed by atoms with Crippen LogP contribution in [-0.2, 0) is 10.2 Å². The zero-order valence-electron chi connectivity index (χ0n) is 10.8.